The van der Waals surface area contributed by atoms with Gasteiger partial charge >= 0.3 is 12.1 Å². The van der Waals surface area contributed by atoms with E-state index < -0.39 is 17.7 Å². The number of halogens is 3. The number of ether oxygens (including phenoxy) is 2. The zero-order chi connectivity index (χ0) is 15.2. The van der Waals surface area contributed by atoms with Gasteiger partial charge in [0.25, 0.3) is 0 Å². The van der Waals surface area contributed by atoms with E-state index in [9.17, 15) is 18.0 Å². The number of hydrogen-bond donors (Lipinski definition) is 1. The molecule has 0 spiro atoms. The van der Waals surface area contributed by atoms with Gasteiger partial charge in [-0.15, -0.1) is 0 Å². The molecule has 112 valence electrons. The van der Waals surface area contributed by atoms with E-state index >= 15 is 0 Å². The van der Waals surface area contributed by atoms with Crippen LogP contribution in [0.4, 0.5) is 18.9 Å². The lowest BCUT2D eigenvalue weighted by Crippen LogP contribution is -2.17. The van der Waals surface area contributed by atoms with Crippen molar-refractivity contribution in [3.05, 3.63) is 29.3 Å². The lowest BCUT2D eigenvalue weighted by atomic mass is 10.1. The van der Waals surface area contributed by atoms with Crippen molar-refractivity contribution in [1.29, 1.82) is 0 Å². The van der Waals surface area contributed by atoms with Crippen LogP contribution in [0.15, 0.2) is 18.2 Å². The zero-order valence-electron chi connectivity index (χ0n) is 11.2. The summed E-state index contributed by atoms with van der Waals surface area (Å²) in [5, 5.41) is 2.69. The van der Waals surface area contributed by atoms with Crippen molar-refractivity contribution in [1.82, 2.24) is 0 Å². The highest BCUT2D eigenvalue weighted by molar-refractivity contribution is 5.70. The minimum atomic E-state index is -4.40. The Morgan fingerprint density at radius 2 is 2.05 bits per heavy atom. The standard InChI is InChI=1S/C13H16F3NO3/c1-3-20-12(18)7-19-8-17-11-6-4-5-10(9(11)2)13(14,15)16/h4-6,17H,3,7-8H2,1-2H3. The lowest BCUT2D eigenvalue weighted by molar-refractivity contribution is -0.148. The molecule has 0 aliphatic rings. The maximum absolute atomic E-state index is 12.7. The smallest absolute Gasteiger partial charge is 0.416 e. The Hall–Kier alpha value is -1.76. The first-order chi connectivity index (χ1) is 9.36. The second-order valence-electron chi connectivity index (χ2n) is 3.95. The highest BCUT2D eigenvalue weighted by atomic mass is 19.4. The number of carbonyl (C=O) groups is 1. The molecule has 0 amide bonds. The summed E-state index contributed by atoms with van der Waals surface area (Å²) in [5.74, 6) is -0.518. The van der Waals surface area contributed by atoms with E-state index in [2.05, 4.69) is 10.1 Å². The minimum absolute atomic E-state index is 0.0824. The molecular formula is C13H16F3NO3. The fraction of sp³-hybridized carbons (Fsp3) is 0.462. The number of anilines is 1. The van der Waals surface area contributed by atoms with Crippen LogP contribution < -0.4 is 5.32 Å². The molecule has 7 heteroatoms. The Bertz CT molecular complexity index is 461. The molecule has 0 unspecified atom stereocenters. The molecule has 0 aromatic heterocycles. The van der Waals surface area contributed by atoms with Gasteiger partial charge in [0.2, 0.25) is 0 Å². The van der Waals surface area contributed by atoms with Crippen LogP contribution in [0.25, 0.3) is 0 Å². The summed E-state index contributed by atoms with van der Waals surface area (Å²) in [6.07, 6.45) is -4.40. The molecule has 0 saturated carbocycles. The topological polar surface area (TPSA) is 47.6 Å². The Morgan fingerprint density at radius 3 is 2.65 bits per heavy atom. The van der Waals surface area contributed by atoms with Crippen LogP contribution in [0.1, 0.15) is 18.1 Å². The van der Waals surface area contributed by atoms with Crippen LogP contribution in [-0.4, -0.2) is 25.9 Å². The van der Waals surface area contributed by atoms with E-state index in [0.717, 1.165) is 6.07 Å². The van der Waals surface area contributed by atoms with E-state index in [0.29, 0.717) is 5.69 Å². The second kappa shape index (κ2) is 7.14. The predicted octanol–water partition coefficient (Wildman–Crippen LogP) is 2.96. The van der Waals surface area contributed by atoms with Gasteiger partial charge in [0.15, 0.2) is 0 Å². The molecular weight excluding hydrogens is 275 g/mol. The van der Waals surface area contributed by atoms with Crippen molar-refractivity contribution in [2.75, 3.05) is 25.3 Å². The van der Waals surface area contributed by atoms with Crippen molar-refractivity contribution in [2.45, 2.75) is 20.0 Å². The summed E-state index contributed by atoms with van der Waals surface area (Å²) < 4.78 is 47.7. The van der Waals surface area contributed by atoms with Gasteiger partial charge in [-0.25, -0.2) is 4.79 Å². The lowest BCUT2D eigenvalue weighted by Gasteiger charge is -2.15. The van der Waals surface area contributed by atoms with Crippen LogP contribution in [0.5, 0.6) is 0 Å². The van der Waals surface area contributed by atoms with Crippen molar-refractivity contribution in [3.8, 4) is 0 Å². The summed E-state index contributed by atoms with van der Waals surface area (Å²) in [4.78, 5) is 11.0. The van der Waals surface area contributed by atoms with Crippen LogP contribution in [0.3, 0.4) is 0 Å². The van der Waals surface area contributed by atoms with Gasteiger partial charge < -0.3 is 14.8 Å². The monoisotopic (exact) mass is 291 g/mol. The summed E-state index contributed by atoms with van der Waals surface area (Å²) >= 11 is 0. The van der Waals surface area contributed by atoms with Gasteiger partial charge in [-0.2, -0.15) is 13.2 Å². The number of carbonyl (C=O) groups excluding carboxylic acids is 1. The van der Waals surface area contributed by atoms with Crippen molar-refractivity contribution >= 4 is 11.7 Å². The van der Waals surface area contributed by atoms with Gasteiger partial charge in [0, 0.05) is 5.69 Å². The summed E-state index contributed by atoms with van der Waals surface area (Å²) in [5.41, 5.74) is -0.309. The average Bonchev–Trinajstić information content (AvgIpc) is 2.35. The van der Waals surface area contributed by atoms with Crippen LogP contribution in [0.2, 0.25) is 0 Å². The summed E-state index contributed by atoms with van der Waals surface area (Å²) in [6, 6.07) is 3.84. The molecule has 0 aliphatic heterocycles. The molecule has 1 rings (SSSR count). The molecule has 0 bridgehead atoms. The van der Waals surface area contributed by atoms with Gasteiger partial charge in [-0.3, -0.25) is 0 Å². The Kier molecular flexibility index (Phi) is 5.82. The third-order valence-corrected chi connectivity index (χ3v) is 2.53. The normalized spacial score (nSPS) is 11.2. The highest BCUT2D eigenvalue weighted by Gasteiger charge is 2.32. The molecule has 1 aromatic rings. The second-order valence-corrected chi connectivity index (χ2v) is 3.95. The number of hydrogen-bond acceptors (Lipinski definition) is 4. The molecule has 20 heavy (non-hydrogen) atoms. The molecule has 0 fully saturated rings. The van der Waals surface area contributed by atoms with Crippen molar-refractivity contribution in [3.63, 3.8) is 0 Å². The molecule has 1 N–H and O–H groups in total. The predicted molar refractivity (Wildman–Crippen MR) is 67.3 cm³/mol. The molecule has 4 nitrogen and oxygen atoms in total. The number of rotatable bonds is 6. The maximum Gasteiger partial charge on any atom is 0.416 e. The van der Waals surface area contributed by atoms with Gasteiger partial charge in [0.05, 0.1) is 12.2 Å². The fourth-order valence-corrected chi connectivity index (χ4v) is 1.60. The number of nitrogens with one attached hydrogen (secondary N) is 1. The number of benzene rings is 1. The van der Waals surface area contributed by atoms with E-state index in [4.69, 9.17) is 4.74 Å². The Labute approximate surface area is 114 Å². The Morgan fingerprint density at radius 1 is 1.35 bits per heavy atom. The molecule has 1 aromatic carbocycles. The third kappa shape index (κ3) is 4.73. The quantitative estimate of drug-likeness (QED) is 0.497. The van der Waals surface area contributed by atoms with E-state index in [1.54, 1.807) is 6.92 Å². The average molecular weight is 291 g/mol. The minimum Gasteiger partial charge on any atom is -0.464 e. The SMILES string of the molecule is CCOC(=O)COCNc1cccc(C(F)(F)F)c1C. The zero-order valence-corrected chi connectivity index (χ0v) is 11.2. The van der Waals surface area contributed by atoms with Crippen molar-refractivity contribution < 1.29 is 27.4 Å². The van der Waals surface area contributed by atoms with Crippen LogP contribution in [0, 0.1) is 6.92 Å². The molecule has 0 atom stereocenters. The summed E-state index contributed by atoms with van der Waals surface area (Å²) in [6.45, 7) is 2.96. The van der Waals surface area contributed by atoms with Gasteiger partial charge in [-0.1, -0.05) is 6.07 Å². The summed E-state index contributed by atoms with van der Waals surface area (Å²) in [7, 11) is 0. The molecule has 0 aliphatic carbocycles. The number of alkyl halides is 3. The van der Waals surface area contributed by atoms with Gasteiger partial charge in [0.1, 0.15) is 13.3 Å². The van der Waals surface area contributed by atoms with Crippen LogP contribution >= 0.6 is 0 Å². The largest absolute Gasteiger partial charge is 0.464 e. The first-order valence-corrected chi connectivity index (χ1v) is 6.00. The maximum atomic E-state index is 12.7. The first-order valence-electron chi connectivity index (χ1n) is 6.00. The van der Waals surface area contributed by atoms with Gasteiger partial charge in [-0.05, 0) is 31.5 Å². The van der Waals surface area contributed by atoms with E-state index in [1.807, 2.05) is 0 Å². The van der Waals surface area contributed by atoms with E-state index in [1.165, 1.54) is 19.1 Å². The molecule has 0 radical (unpaired) electrons. The first kappa shape index (κ1) is 16.3. The number of esters is 1. The third-order valence-electron chi connectivity index (χ3n) is 2.53. The highest BCUT2D eigenvalue weighted by Crippen LogP contribution is 2.34. The van der Waals surface area contributed by atoms with E-state index in [-0.39, 0.29) is 25.5 Å². The Balaban J connectivity index is 2.55. The molecule has 0 heterocycles. The van der Waals surface area contributed by atoms with Crippen molar-refractivity contribution in [2.24, 2.45) is 0 Å². The molecule has 0 saturated heterocycles. The fourth-order valence-electron chi connectivity index (χ4n) is 1.60. The van der Waals surface area contributed by atoms with Crippen LogP contribution in [-0.2, 0) is 20.4 Å².